The molecule has 3 nitrogen and oxygen atoms in total. The summed E-state index contributed by atoms with van der Waals surface area (Å²) in [6.45, 7) is 6.52. The predicted molar refractivity (Wildman–Crippen MR) is 97.5 cm³/mol. The van der Waals surface area contributed by atoms with Gasteiger partial charge in [0, 0.05) is 38.4 Å². The van der Waals surface area contributed by atoms with Crippen LogP contribution in [0.3, 0.4) is 0 Å². The molecule has 0 amide bonds. The van der Waals surface area contributed by atoms with E-state index in [1.165, 1.54) is 17.7 Å². The molecule has 2 N–H and O–H groups in total. The number of nitrogens with two attached hydrogens (primary N) is 1. The smallest absolute Gasteiger partial charge is 0.123 e. The van der Waals surface area contributed by atoms with Gasteiger partial charge in [0.25, 0.3) is 0 Å². The Labute approximate surface area is 143 Å². The van der Waals surface area contributed by atoms with E-state index in [4.69, 9.17) is 5.73 Å². The molecule has 0 bridgehead atoms. The number of rotatable bonds is 6. The zero-order chi connectivity index (χ0) is 17.0. The number of likely N-dealkylation sites (tertiary alicyclic amines) is 1. The van der Waals surface area contributed by atoms with Gasteiger partial charge in [-0.1, -0.05) is 30.3 Å². The molecule has 128 valence electrons. The van der Waals surface area contributed by atoms with Crippen LogP contribution in [-0.2, 0) is 6.54 Å². The van der Waals surface area contributed by atoms with Gasteiger partial charge in [-0.25, -0.2) is 4.39 Å². The van der Waals surface area contributed by atoms with E-state index in [2.05, 4.69) is 41.0 Å². The molecule has 1 saturated heterocycles. The summed E-state index contributed by atoms with van der Waals surface area (Å²) >= 11 is 0. The molecule has 1 aliphatic rings. The third-order valence-electron chi connectivity index (χ3n) is 5.07. The molecule has 0 saturated carbocycles. The molecule has 2 aromatic rings. The average molecular weight is 327 g/mol. The van der Waals surface area contributed by atoms with E-state index in [0.717, 1.165) is 38.3 Å². The minimum atomic E-state index is -0.200. The lowest BCUT2D eigenvalue weighted by Gasteiger charge is -2.42. The van der Waals surface area contributed by atoms with Crippen LogP contribution in [-0.4, -0.2) is 36.6 Å². The van der Waals surface area contributed by atoms with Gasteiger partial charge in [-0.15, -0.1) is 0 Å². The number of halogens is 1. The van der Waals surface area contributed by atoms with Crippen LogP contribution in [0.1, 0.15) is 18.9 Å². The van der Waals surface area contributed by atoms with Crippen LogP contribution in [0.15, 0.2) is 54.6 Å². The van der Waals surface area contributed by atoms with Crippen LogP contribution < -0.4 is 10.6 Å². The molecule has 0 aliphatic carbocycles. The van der Waals surface area contributed by atoms with Gasteiger partial charge in [-0.3, -0.25) is 4.90 Å². The van der Waals surface area contributed by atoms with Crippen molar-refractivity contribution in [2.45, 2.75) is 25.4 Å². The number of nitrogens with zero attached hydrogens (tertiary/aromatic N) is 2. The van der Waals surface area contributed by atoms with E-state index >= 15 is 0 Å². The third kappa shape index (κ3) is 3.45. The van der Waals surface area contributed by atoms with E-state index in [1.54, 1.807) is 0 Å². The first kappa shape index (κ1) is 16.9. The van der Waals surface area contributed by atoms with Crippen molar-refractivity contribution in [3.05, 3.63) is 66.0 Å². The van der Waals surface area contributed by atoms with Crippen LogP contribution in [0, 0.1) is 5.82 Å². The van der Waals surface area contributed by atoms with Gasteiger partial charge in [0.2, 0.25) is 0 Å². The molecule has 4 heteroatoms. The van der Waals surface area contributed by atoms with Crippen LogP contribution in [0.4, 0.5) is 10.1 Å². The van der Waals surface area contributed by atoms with Crippen LogP contribution in [0.25, 0.3) is 0 Å². The molecule has 0 aromatic heterocycles. The summed E-state index contributed by atoms with van der Waals surface area (Å²) in [4.78, 5) is 4.81. The zero-order valence-corrected chi connectivity index (χ0v) is 14.3. The maximum atomic E-state index is 13.3. The second kappa shape index (κ2) is 7.32. The summed E-state index contributed by atoms with van der Waals surface area (Å²) < 4.78 is 13.3. The molecule has 1 fully saturated rings. The molecule has 1 heterocycles. The van der Waals surface area contributed by atoms with Crippen molar-refractivity contribution in [3.63, 3.8) is 0 Å². The predicted octanol–water partition coefficient (Wildman–Crippen LogP) is 3.26. The second-order valence-electron chi connectivity index (χ2n) is 6.60. The van der Waals surface area contributed by atoms with E-state index in [9.17, 15) is 4.39 Å². The minimum Gasteiger partial charge on any atom is -0.364 e. The largest absolute Gasteiger partial charge is 0.364 e. The third-order valence-corrected chi connectivity index (χ3v) is 5.07. The van der Waals surface area contributed by atoms with Crippen molar-refractivity contribution >= 4 is 5.69 Å². The van der Waals surface area contributed by atoms with Gasteiger partial charge in [-0.2, -0.15) is 0 Å². The van der Waals surface area contributed by atoms with E-state index < -0.39 is 0 Å². The first-order valence-corrected chi connectivity index (χ1v) is 8.66. The summed E-state index contributed by atoms with van der Waals surface area (Å²) in [7, 11) is 0. The van der Waals surface area contributed by atoms with Crippen molar-refractivity contribution in [1.82, 2.24) is 4.90 Å². The molecular formula is C20H26FN3. The Morgan fingerprint density at radius 3 is 2.46 bits per heavy atom. The monoisotopic (exact) mass is 327 g/mol. The lowest BCUT2D eigenvalue weighted by molar-refractivity contribution is 0.298. The van der Waals surface area contributed by atoms with Crippen molar-refractivity contribution in [3.8, 4) is 0 Å². The normalized spacial score (nSPS) is 21.1. The Bertz CT molecular complexity index is 644. The van der Waals surface area contributed by atoms with Gasteiger partial charge >= 0.3 is 0 Å². The Morgan fingerprint density at radius 2 is 1.83 bits per heavy atom. The molecule has 0 spiro atoms. The van der Waals surface area contributed by atoms with Crippen molar-refractivity contribution in [2.24, 2.45) is 5.73 Å². The molecule has 0 radical (unpaired) electrons. The molecule has 1 atom stereocenters. The Balaban J connectivity index is 1.77. The van der Waals surface area contributed by atoms with Crippen molar-refractivity contribution < 1.29 is 4.39 Å². The first-order valence-electron chi connectivity index (χ1n) is 8.66. The number of hydrogen-bond donors (Lipinski definition) is 1. The molecule has 1 aliphatic heterocycles. The van der Waals surface area contributed by atoms with Crippen LogP contribution >= 0.6 is 0 Å². The van der Waals surface area contributed by atoms with Crippen molar-refractivity contribution in [1.29, 1.82) is 0 Å². The molecular weight excluding hydrogens is 301 g/mol. The molecule has 24 heavy (non-hydrogen) atoms. The summed E-state index contributed by atoms with van der Waals surface area (Å²) in [6.07, 6.45) is 1.03. The van der Waals surface area contributed by atoms with E-state index in [-0.39, 0.29) is 11.4 Å². The average Bonchev–Trinajstić information content (AvgIpc) is 3.02. The zero-order valence-electron chi connectivity index (χ0n) is 14.3. The maximum Gasteiger partial charge on any atom is 0.123 e. The summed E-state index contributed by atoms with van der Waals surface area (Å²) in [5.74, 6) is -0.200. The summed E-state index contributed by atoms with van der Waals surface area (Å²) in [5, 5.41) is 0. The maximum absolute atomic E-state index is 13.3. The Kier molecular flexibility index (Phi) is 5.17. The van der Waals surface area contributed by atoms with Gasteiger partial charge in [0.1, 0.15) is 5.82 Å². The topological polar surface area (TPSA) is 32.5 Å². The van der Waals surface area contributed by atoms with Gasteiger partial charge in [0.05, 0.1) is 5.54 Å². The fourth-order valence-corrected chi connectivity index (χ4v) is 3.83. The van der Waals surface area contributed by atoms with Gasteiger partial charge in [0.15, 0.2) is 0 Å². The number of likely N-dealkylation sites (N-methyl/N-ethyl adjacent to an activating group) is 1. The summed E-state index contributed by atoms with van der Waals surface area (Å²) in [6, 6.07) is 17.3. The fourth-order valence-electron chi connectivity index (χ4n) is 3.83. The molecule has 1 unspecified atom stereocenters. The number of anilines is 1. The Morgan fingerprint density at radius 1 is 1.12 bits per heavy atom. The quantitative estimate of drug-likeness (QED) is 0.884. The minimum absolute atomic E-state index is 0.0820. The number of hydrogen-bond acceptors (Lipinski definition) is 3. The van der Waals surface area contributed by atoms with Crippen LogP contribution in [0.2, 0.25) is 0 Å². The highest BCUT2D eigenvalue weighted by molar-refractivity contribution is 5.50. The summed E-state index contributed by atoms with van der Waals surface area (Å²) in [5.41, 5.74) is 8.52. The lowest BCUT2D eigenvalue weighted by atomic mass is 9.95. The standard InChI is InChI=1S/C20H26FN3/c1-2-24(19-10-8-18(21)9-11-19)20(15-22)12-13-23(16-20)14-17-6-4-3-5-7-17/h3-11H,2,12-16,22H2,1H3. The number of benzene rings is 2. The highest BCUT2D eigenvalue weighted by atomic mass is 19.1. The van der Waals surface area contributed by atoms with E-state index in [1.807, 2.05) is 18.2 Å². The Hall–Kier alpha value is -1.91. The fraction of sp³-hybridized carbons (Fsp3) is 0.400. The molecule has 3 rings (SSSR count). The lowest BCUT2D eigenvalue weighted by Crippen LogP contribution is -2.56. The SMILES string of the molecule is CCN(c1ccc(F)cc1)C1(CN)CCN(Cc2ccccc2)C1. The van der Waals surface area contributed by atoms with Crippen molar-refractivity contribution in [2.75, 3.05) is 31.1 Å². The van der Waals surface area contributed by atoms with Gasteiger partial charge in [-0.05, 0) is 43.2 Å². The molecule has 2 aromatic carbocycles. The second-order valence-corrected chi connectivity index (χ2v) is 6.60. The first-order chi connectivity index (χ1) is 11.7. The highest BCUT2D eigenvalue weighted by Gasteiger charge is 2.41. The van der Waals surface area contributed by atoms with Crippen LogP contribution in [0.5, 0.6) is 0 Å². The van der Waals surface area contributed by atoms with Gasteiger partial charge < -0.3 is 10.6 Å². The highest BCUT2D eigenvalue weighted by Crippen LogP contribution is 2.32. The van der Waals surface area contributed by atoms with E-state index in [0.29, 0.717) is 6.54 Å².